The first-order chi connectivity index (χ1) is 22.8. The molecule has 216 valence electrons. The average Bonchev–Trinajstić information content (AvgIpc) is 3.53. The van der Waals surface area contributed by atoms with Crippen LogP contribution in [0.3, 0.4) is 0 Å². The van der Waals surface area contributed by atoms with Crippen LogP contribution in [-0.4, -0.2) is 0 Å². The average molecular weight is 588 g/mol. The Morgan fingerprint density at radius 1 is 0.391 bits per heavy atom. The van der Waals surface area contributed by atoms with Crippen LogP contribution in [0.15, 0.2) is 180 Å². The monoisotopic (exact) mass is 587 g/mol. The number of furan rings is 1. The molecule has 0 N–H and O–H groups in total. The molecule has 0 bridgehead atoms. The van der Waals surface area contributed by atoms with Crippen LogP contribution in [0.2, 0.25) is 0 Å². The highest BCUT2D eigenvalue weighted by Gasteiger charge is 2.23. The van der Waals surface area contributed by atoms with Crippen molar-refractivity contribution in [1.82, 2.24) is 0 Å². The first kappa shape index (κ1) is 26.3. The molecule has 9 aromatic rings. The summed E-state index contributed by atoms with van der Waals surface area (Å²) < 4.78 is 6.85. The molecule has 0 saturated carbocycles. The maximum Gasteiger partial charge on any atom is 0.143 e. The molecule has 0 amide bonds. The van der Waals surface area contributed by atoms with Gasteiger partial charge < -0.3 is 9.32 Å². The van der Waals surface area contributed by atoms with E-state index in [9.17, 15) is 0 Å². The molecule has 0 radical (unpaired) electrons. The Morgan fingerprint density at radius 3 is 1.76 bits per heavy atom. The van der Waals surface area contributed by atoms with Crippen LogP contribution < -0.4 is 4.90 Å². The number of anilines is 3. The van der Waals surface area contributed by atoms with Crippen molar-refractivity contribution in [2.24, 2.45) is 0 Å². The summed E-state index contributed by atoms with van der Waals surface area (Å²) in [6.07, 6.45) is 0. The Morgan fingerprint density at radius 2 is 0.978 bits per heavy atom. The van der Waals surface area contributed by atoms with Crippen molar-refractivity contribution < 1.29 is 4.42 Å². The van der Waals surface area contributed by atoms with Gasteiger partial charge in [-0.3, -0.25) is 0 Å². The lowest BCUT2D eigenvalue weighted by Gasteiger charge is -2.28. The molecule has 0 aliphatic heterocycles. The van der Waals surface area contributed by atoms with Gasteiger partial charge in [-0.2, -0.15) is 0 Å². The minimum Gasteiger partial charge on any atom is -0.455 e. The topological polar surface area (TPSA) is 16.4 Å². The standard InChI is InChI=1S/C44H29NO/c1-3-13-30(14-4-1)31-25-27-35(28-26-31)45(39-22-11-19-32-17-7-9-20-36(32)39)40-23-12-24-41-43(40)42-37-21-10-8-18-34(37)29-38(44(42)46-41)33-15-5-2-6-16-33/h1-29H. The van der Waals surface area contributed by atoms with Gasteiger partial charge in [0.15, 0.2) is 0 Å². The summed E-state index contributed by atoms with van der Waals surface area (Å²) in [4.78, 5) is 2.40. The first-order valence-corrected chi connectivity index (χ1v) is 15.7. The van der Waals surface area contributed by atoms with Gasteiger partial charge in [-0.05, 0) is 69.2 Å². The van der Waals surface area contributed by atoms with Crippen molar-refractivity contribution in [3.05, 3.63) is 176 Å². The van der Waals surface area contributed by atoms with E-state index in [1.165, 1.54) is 32.7 Å². The zero-order valence-electron chi connectivity index (χ0n) is 25.1. The predicted octanol–water partition coefficient (Wildman–Crippen LogP) is 12.7. The van der Waals surface area contributed by atoms with E-state index in [1.807, 2.05) is 0 Å². The fourth-order valence-corrected chi connectivity index (χ4v) is 6.91. The van der Waals surface area contributed by atoms with Crippen molar-refractivity contribution in [3.63, 3.8) is 0 Å². The summed E-state index contributed by atoms with van der Waals surface area (Å²) >= 11 is 0. The van der Waals surface area contributed by atoms with Crippen LogP contribution in [0.5, 0.6) is 0 Å². The fraction of sp³-hybridized carbons (Fsp3) is 0. The molecule has 0 aliphatic rings. The van der Waals surface area contributed by atoms with Gasteiger partial charge in [0, 0.05) is 22.0 Å². The van der Waals surface area contributed by atoms with Gasteiger partial charge in [-0.1, -0.05) is 140 Å². The molecule has 0 spiro atoms. The molecule has 0 saturated heterocycles. The Bertz CT molecular complexity index is 2510. The van der Waals surface area contributed by atoms with E-state index in [2.05, 4.69) is 181 Å². The van der Waals surface area contributed by atoms with Crippen LogP contribution in [0.4, 0.5) is 17.1 Å². The Hall–Kier alpha value is -6.12. The zero-order valence-corrected chi connectivity index (χ0v) is 25.1. The predicted molar refractivity (Wildman–Crippen MR) is 194 cm³/mol. The first-order valence-electron chi connectivity index (χ1n) is 15.7. The van der Waals surface area contributed by atoms with Gasteiger partial charge in [0.25, 0.3) is 0 Å². The normalized spacial score (nSPS) is 11.5. The Kier molecular flexibility index (Phi) is 6.17. The second kappa shape index (κ2) is 10.8. The lowest BCUT2D eigenvalue weighted by atomic mass is 9.95. The molecule has 1 heterocycles. The summed E-state index contributed by atoms with van der Waals surface area (Å²) in [5.74, 6) is 0. The number of fused-ring (bicyclic) bond motifs is 6. The third-order valence-electron chi connectivity index (χ3n) is 9.03. The van der Waals surface area contributed by atoms with E-state index in [0.29, 0.717) is 0 Å². The quantitative estimate of drug-likeness (QED) is 0.199. The molecule has 8 aromatic carbocycles. The largest absolute Gasteiger partial charge is 0.455 e. The SMILES string of the molecule is c1ccc(-c2ccc(N(c3cccc4ccccc34)c3cccc4oc5c(-c6ccccc6)cc6ccccc6c5c34)cc2)cc1. The summed E-state index contributed by atoms with van der Waals surface area (Å²) in [6, 6.07) is 62.6. The smallest absolute Gasteiger partial charge is 0.143 e. The van der Waals surface area contributed by atoms with Gasteiger partial charge in [0.2, 0.25) is 0 Å². The summed E-state index contributed by atoms with van der Waals surface area (Å²) in [7, 11) is 0. The number of benzene rings is 8. The van der Waals surface area contributed by atoms with E-state index < -0.39 is 0 Å². The third-order valence-corrected chi connectivity index (χ3v) is 9.03. The summed E-state index contributed by atoms with van der Waals surface area (Å²) in [6.45, 7) is 0. The van der Waals surface area contributed by atoms with Crippen LogP contribution in [0.25, 0.3) is 65.7 Å². The number of nitrogens with zero attached hydrogens (tertiary/aromatic N) is 1. The molecule has 2 nitrogen and oxygen atoms in total. The van der Waals surface area contributed by atoms with Crippen LogP contribution in [-0.2, 0) is 0 Å². The summed E-state index contributed by atoms with van der Waals surface area (Å²) in [5.41, 5.74) is 9.69. The van der Waals surface area contributed by atoms with E-state index in [-0.39, 0.29) is 0 Å². The van der Waals surface area contributed by atoms with Crippen LogP contribution in [0.1, 0.15) is 0 Å². The lowest BCUT2D eigenvalue weighted by molar-refractivity contribution is 0.670. The van der Waals surface area contributed by atoms with E-state index in [0.717, 1.165) is 50.1 Å². The van der Waals surface area contributed by atoms with Crippen molar-refractivity contribution in [3.8, 4) is 22.3 Å². The lowest BCUT2D eigenvalue weighted by Crippen LogP contribution is -2.10. The van der Waals surface area contributed by atoms with E-state index in [1.54, 1.807) is 0 Å². The molecule has 46 heavy (non-hydrogen) atoms. The van der Waals surface area contributed by atoms with Gasteiger partial charge in [-0.25, -0.2) is 0 Å². The molecule has 0 fully saturated rings. The molecular weight excluding hydrogens is 558 g/mol. The van der Waals surface area contributed by atoms with Gasteiger partial charge in [-0.15, -0.1) is 0 Å². The second-order valence-electron chi connectivity index (χ2n) is 11.7. The van der Waals surface area contributed by atoms with E-state index >= 15 is 0 Å². The highest BCUT2D eigenvalue weighted by molar-refractivity contribution is 6.26. The maximum absolute atomic E-state index is 6.85. The van der Waals surface area contributed by atoms with Crippen molar-refractivity contribution in [2.75, 3.05) is 4.90 Å². The maximum atomic E-state index is 6.85. The van der Waals surface area contributed by atoms with Gasteiger partial charge >= 0.3 is 0 Å². The molecule has 0 atom stereocenters. The van der Waals surface area contributed by atoms with Crippen LogP contribution in [0, 0.1) is 0 Å². The highest BCUT2D eigenvalue weighted by atomic mass is 16.3. The fourth-order valence-electron chi connectivity index (χ4n) is 6.91. The zero-order chi connectivity index (χ0) is 30.5. The van der Waals surface area contributed by atoms with Gasteiger partial charge in [0.1, 0.15) is 11.2 Å². The molecule has 9 rings (SSSR count). The summed E-state index contributed by atoms with van der Waals surface area (Å²) in [5, 5.41) is 7.00. The number of hydrogen-bond acceptors (Lipinski definition) is 2. The molecule has 0 aliphatic carbocycles. The molecule has 0 unspecified atom stereocenters. The van der Waals surface area contributed by atoms with Crippen molar-refractivity contribution in [1.29, 1.82) is 0 Å². The molecule has 1 aromatic heterocycles. The van der Waals surface area contributed by atoms with Crippen molar-refractivity contribution in [2.45, 2.75) is 0 Å². The Labute approximate surface area is 267 Å². The second-order valence-corrected chi connectivity index (χ2v) is 11.7. The Balaban J connectivity index is 1.37. The van der Waals surface area contributed by atoms with Gasteiger partial charge in [0.05, 0.1) is 16.8 Å². The van der Waals surface area contributed by atoms with Crippen LogP contribution >= 0.6 is 0 Å². The minimum atomic E-state index is 0.868. The molecular formula is C44H29NO. The van der Waals surface area contributed by atoms with E-state index in [4.69, 9.17) is 4.42 Å². The highest BCUT2D eigenvalue weighted by Crippen LogP contribution is 2.48. The minimum absolute atomic E-state index is 0.868. The number of hydrogen-bond donors (Lipinski definition) is 0. The molecule has 2 heteroatoms. The third kappa shape index (κ3) is 4.27. The number of rotatable bonds is 5. The van der Waals surface area contributed by atoms with Crippen molar-refractivity contribution >= 4 is 60.5 Å².